The fraction of sp³-hybridized carbons (Fsp3) is 0.385. The van der Waals surface area contributed by atoms with Gasteiger partial charge in [-0.15, -0.1) is 0 Å². The number of ether oxygens (including phenoxy) is 3. The number of hydrogen-bond acceptors (Lipinski definition) is 5. The van der Waals surface area contributed by atoms with Gasteiger partial charge in [0.25, 0.3) is 5.91 Å². The number of carbonyl (C=O) groups excluding carboxylic acids is 1. The molecule has 2 heterocycles. The Hall–Kier alpha value is -1.99. The largest absolute Gasteiger partial charge is 0.479 e. The molecule has 0 bridgehead atoms. The highest BCUT2D eigenvalue weighted by molar-refractivity contribution is 6.32. The van der Waals surface area contributed by atoms with Crippen LogP contribution in [-0.2, 0) is 9.53 Å². The van der Waals surface area contributed by atoms with E-state index in [-0.39, 0.29) is 30.9 Å². The van der Waals surface area contributed by atoms with Crippen molar-refractivity contribution in [2.24, 2.45) is 0 Å². The van der Waals surface area contributed by atoms with E-state index in [0.717, 1.165) is 0 Å². The fourth-order valence-electron chi connectivity index (χ4n) is 2.26. The van der Waals surface area contributed by atoms with Gasteiger partial charge in [0.1, 0.15) is 0 Å². The second kappa shape index (κ2) is 5.42. The molecule has 0 radical (unpaired) electrons. The number of morpholine rings is 1. The summed E-state index contributed by atoms with van der Waals surface area (Å²) < 4.78 is 15.5. The number of nitrogens with zero attached hydrogens (tertiary/aromatic N) is 1. The Labute approximate surface area is 124 Å². The number of benzene rings is 1. The number of carboxylic acids is 1. The van der Waals surface area contributed by atoms with Crippen LogP contribution >= 0.6 is 11.6 Å². The van der Waals surface area contributed by atoms with Gasteiger partial charge in [-0.25, -0.2) is 4.79 Å². The Morgan fingerprint density at radius 2 is 2.14 bits per heavy atom. The third-order valence-corrected chi connectivity index (χ3v) is 3.58. The first-order chi connectivity index (χ1) is 10.1. The molecule has 8 heteroatoms. The zero-order valence-corrected chi connectivity index (χ0v) is 11.6. The van der Waals surface area contributed by atoms with Crippen molar-refractivity contribution in [2.45, 2.75) is 6.10 Å². The number of rotatable bonds is 2. The van der Waals surface area contributed by atoms with Gasteiger partial charge < -0.3 is 24.2 Å². The second-order valence-corrected chi connectivity index (χ2v) is 5.05. The van der Waals surface area contributed by atoms with E-state index >= 15 is 0 Å². The number of carboxylic acid groups (broad SMARTS) is 1. The monoisotopic (exact) mass is 313 g/mol. The van der Waals surface area contributed by atoms with Crippen LogP contribution in [0.4, 0.5) is 0 Å². The molecule has 0 aromatic heterocycles. The molecule has 2 aliphatic rings. The number of fused-ring (bicyclic) bond motifs is 1. The molecule has 1 N–H and O–H groups in total. The number of amides is 1. The highest BCUT2D eigenvalue weighted by atomic mass is 35.5. The molecule has 112 valence electrons. The molecule has 1 aromatic carbocycles. The van der Waals surface area contributed by atoms with Gasteiger partial charge in [0, 0.05) is 12.1 Å². The number of halogens is 1. The standard InChI is InChI=1S/C13H12ClNO6/c14-8-3-7(4-9-11(8)21-6-20-9)12(16)15-1-2-19-10(5-15)13(17)18/h3-4,10H,1-2,5-6H2,(H,17,18). The number of hydrogen-bond donors (Lipinski definition) is 1. The highest BCUT2D eigenvalue weighted by Crippen LogP contribution is 2.40. The van der Waals surface area contributed by atoms with Crippen molar-refractivity contribution in [3.8, 4) is 11.5 Å². The molecule has 1 saturated heterocycles. The minimum atomic E-state index is -1.09. The predicted octanol–water partition coefficient (Wildman–Crippen LogP) is 0.994. The summed E-state index contributed by atoms with van der Waals surface area (Å²) in [5, 5.41) is 9.25. The molecule has 0 aliphatic carbocycles. The van der Waals surface area contributed by atoms with Crippen LogP contribution in [0, 0.1) is 0 Å². The van der Waals surface area contributed by atoms with E-state index in [4.69, 9.17) is 30.9 Å². The summed E-state index contributed by atoms with van der Waals surface area (Å²) >= 11 is 6.04. The van der Waals surface area contributed by atoms with Gasteiger partial charge in [-0.3, -0.25) is 4.79 Å². The van der Waals surface area contributed by atoms with Gasteiger partial charge in [0.15, 0.2) is 17.6 Å². The Morgan fingerprint density at radius 1 is 1.33 bits per heavy atom. The molecule has 1 atom stereocenters. The van der Waals surface area contributed by atoms with Crippen LogP contribution in [0.2, 0.25) is 5.02 Å². The summed E-state index contributed by atoms with van der Waals surface area (Å²) in [6.07, 6.45) is -1.01. The van der Waals surface area contributed by atoms with E-state index in [0.29, 0.717) is 23.6 Å². The molecule has 21 heavy (non-hydrogen) atoms. The van der Waals surface area contributed by atoms with Gasteiger partial charge in [0.2, 0.25) is 6.79 Å². The highest BCUT2D eigenvalue weighted by Gasteiger charge is 2.30. The molecule has 1 amide bonds. The third kappa shape index (κ3) is 2.62. The molecule has 1 fully saturated rings. The molecular formula is C13H12ClNO6. The fourth-order valence-corrected chi connectivity index (χ4v) is 2.52. The van der Waals surface area contributed by atoms with Gasteiger partial charge in [-0.05, 0) is 12.1 Å². The van der Waals surface area contributed by atoms with E-state index in [1.807, 2.05) is 0 Å². The number of carbonyl (C=O) groups is 2. The predicted molar refractivity (Wildman–Crippen MR) is 70.9 cm³/mol. The van der Waals surface area contributed by atoms with Crippen LogP contribution in [0.25, 0.3) is 0 Å². The SMILES string of the molecule is O=C(O)C1CN(C(=O)c2cc(Cl)c3c(c2)OCO3)CCO1. The van der Waals surface area contributed by atoms with Gasteiger partial charge in [0.05, 0.1) is 18.2 Å². The maximum absolute atomic E-state index is 12.4. The van der Waals surface area contributed by atoms with Crippen molar-refractivity contribution < 1.29 is 28.9 Å². The molecule has 2 aliphatic heterocycles. The van der Waals surface area contributed by atoms with Crippen molar-refractivity contribution in [3.05, 3.63) is 22.7 Å². The first-order valence-electron chi connectivity index (χ1n) is 6.29. The third-order valence-electron chi connectivity index (χ3n) is 3.30. The van der Waals surface area contributed by atoms with E-state index < -0.39 is 12.1 Å². The maximum atomic E-state index is 12.4. The molecule has 1 aromatic rings. The smallest absolute Gasteiger partial charge is 0.334 e. The molecule has 3 rings (SSSR count). The Morgan fingerprint density at radius 3 is 2.90 bits per heavy atom. The van der Waals surface area contributed by atoms with E-state index in [2.05, 4.69) is 0 Å². The van der Waals surface area contributed by atoms with Crippen LogP contribution in [0.5, 0.6) is 11.5 Å². The quantitative estimate of drug-likeness (QED) is 0.876. The lowest BCUT2D eigenvalue weighted by Crippen LogP contribution is -2.48. The lowest BCUT2D eigenvalue weighted by Gasteiger charge is -2.31. The van der Waals surface area contributed by atoms with Crippen LogP contribution in [0.1, 0.15) is 10.4 Å². The van der Waals surface area contributed by atoms with Crippen LogP contribution in [0.15, 0.2) is 12.1 Å². The lowest BCUT2D eigenvalue weighted by molar-refractivity contribution is -0.154. The van der Waals surface area contributed by atoms with E-state index in [1.165, 1.54) is 11.0 Å². The summed E-state index contributed by atoms with van der Waals surface area (Å²) in [6, 6.07) is 3.03. The Balaban J connectivity index is 1.82. The molecule has 0 saturated carbocycles. The van der Waals surface area contributed by atoms with Crippen molar-refractivity contribution in [1.29, 1.82) is 0 Å². The minimum Gasteiger partial charge on any atom is -0.479 e. The van der Waals surface area contributed by atoms with Crippen LogP contribution in [-0.4, -0.2) is 54.5 Å². The van der Waals surface area contributed by atoms with Crippen molar-refractivity contribution in [1.82, 2.24) is 4.90 Å². The maximum Gasteiger partial charge on any atom is 0.334 e. The molecule has 7 nitrogen and oxygen atoms in total. The normalized spacial score (nSPS) is 20.4. The van der Waals surface area contributed by atoms with Crippen molar-refractivity contribution in [3.63, 3.8) is 0 Å². The average Bonchev–Trinajstić information content (AvgIpc) is 2.95. The summed E-state index contributed by atoms with van der Waals surface area (Å²) in [4.78, 5) is 24.8. The molecule has 1 unspecified atom stereocenters. The van der Waals surface area contributed by atoms with Crippen LogP contribution in [0.3, 0.4) is 0 Å². The number of aliphatic carboxylic acids is 1. The minimum absolute atomic E-state index is 0.000226. The Bertz CT molecular complexity index is 605. The Kier molecular flexibility index (Phi) is 3.60. The van der Waals surface area contributed by atoms with E-state index in [9.17, 15) is 9.59 Å². The second-order valence-electron chi connectivity index (χ2n) is 4.64. The lowest BCUT2D eigenvalue weighted by atomic mass is 10.1. The summed E-state index contributed by atoms with van der Waals surface area (Å²) in [6.45, 7) is 0.571. The zero-order valence-electron chi connectivity index (χ0n) is 10.9. The summed E-state index contributed by atoms with van der Waals surface area (Å²) in [7, 11) is 0. The van der Waals surface area contributed by atoms with Gasteiger partial charge in [-0.1, -0.05) is 11.6 Å². The first-order valence-corrected chi connectivity index (χ1v) is 6.67. The zero-order chi connectivity index (χ0) is 15.0. The van der Waals surface area contributed by atoms with Crippen molar-refractivity contribution in [2.75, 3.05) is 26.5 Å². The van der Waals surface area contributed by atoms with Gasteiger partial charge >= 0.3 is 5.97 Å². The summed E-state index contributed by atoms with van der Waals surface area (Å²) in [5.41, 5.74) is 0.329. The average molecular weight is 314 g/mol. The van der Waals surface area contributed by atoms with Crippen molar-refractivity contribution >= 4 is 23.5 Å². The first kappa shape index (κ1) is 14.0. The van der Waals surface area contributed by atoms with Gasteiger partial charge in [-0.2, -0.15) is 0 Å². The van der Waals surface area contributed by atoms with E-state index in [1.54, 1.807) is 6.07 Å². The van der Waals surface area contributed by atoms with Crippen LogP contribution < -0.4 is 9.47 Å². The molecule has 0 spiro atoms. The summed E-state index contributed by atoms with van der Waals surface area (Å²) in [5.74, 6) is -0.575. The molecular weight excluding hydrogens is 302 g/mol. The topological polar surface area (TPSA) is 85.3 Å².